The van der Waals surface area contributed by atoms with E-state index in [0.29, 0.717) is 24.5 Å². The van der Waals surface area contributed by atoms with Crippen LogP contribution in [0.4, 0.5) is 5.69 Å². The van der Waals surface area contributed by atoms with Gasteiger partial charge in [0.1, 0.15) is 11.8 Å². The summed E-state index contributed by atoms with van der Waals surface area (Å²) in [5, 5.41) is 2.86. The van der Waals surface area contributed by atoms with Crippen LogP contribution in [-0.2, 0) is 26.2 Å². The first-order valence-corrected chi connectivity index (χ1v) is 13.7. The summed E-state index contributed by atoms with van der Waals surface area (Å²) in [6.07, 6.45) is 2.32. The van der Waals surface area contributed by atoms with Crippen LogP contribution in [0.15, 0.2) is 48.5 Å². The Labute approximate surface area is 209 Å². The van der Waals surface area contributed by atoms with E-state index in [1.165, 1.54) is 11.4 Å². The molecule has 0 aromatic heterocycles. The molecule has 2 aromatic carbocycles. The molecule has 1 atom stereocenters. The number of carbonyl (C=O) groups is 2. The maximum absolute atomic E-state index is 13.3. The van der Waals surface area contributed by atoms with E-state index in [-0.39, 0.29) is 31.2 Å². The predicted molar refractivity (Wildman–Crippen MR) is 139 cm³/mol. The van der Waals surface area contributed by atoms with Gasteiger partial charge in [-0.1, -0.05) is 48.9 Å². The summed E-state index contributed by atoms with van der Waals surface area (Å²) >= 11 is 0. The second-order valence-electron chi connectivity index (χ2n) is 8.58. The minimum absolute atomic E-state index is 0.0957. The van der Waals surface area contributed by atoms with Gasteiger partial charge in [0.2, 0.25) is 21.8 Å². The predicted octanol–water partition coefficient (Wildman–Crippen LogP) is 3.49. The monoisotopic (exact) mass is 503 g/mol. The van der Waals surface area contributed by atoms with E-state index in [4.69, 9.17) is 4.74 Å². The van der Waals surface area contributed by atoms with Crippen molar-refractivity contribution in [2.24, 2.45) is 0 Å². The van der Waals surface area contributed by atoms with Gasteiger partial charge in [0.15, 0.2) is 0 Å². The van der Waals surface area contributed by atoms with Gasteiger partial charge < -0.3 is 15.0 Å². The fraction of sp³-hybridized carbons (Fsp3) is 0.462. The lowest BCUT2D eigenvalue weighted by Crippen LogP contribution is -2.47. The van der Waals surface area contributed by atoms with E-state index < -0.39 is 16.1 Å². The third-order valence-corrected chi connectivity index (χ3v) is 6.88. The Morgan fingerprint density at radius 3 is 2.34 bits per heavy atom. The third-order valence-electron chi connectivity index (χ3n) is 5.70. The standard InChI is InChI=1S/C26H37N3O5S/c1-6-17-27-26(31)21(3)28(19-22-15-13-20(2)14-16-22)25(30)12-9-18-29(35(5,32)33)23-10-7-8-11-24(23)34-4/h7-8,10-11,13-16,21H,6,9,12,17-19H2,1-5H3,(H,27,31)/t21-/m1/s1. The summed E-state index contributed by atoms with van der Waals surface area (Å²) in [4.78, 5) is 27.5. The van der Waals surface area contributed by atoms with E-state index in [2.05, 4.69) is 5.32 Å². The fourth-order valence-corrected chi connectivity index (χ4v) is 4.66. The Bertz CT molecular complexity index is 1090. The summed E-state index contributed by atoms with van der Waals surface area (Å²) in [5.74, 6) is 0.0174. The van der Waals surface area contributed by atoms with Gasteiger partial charge in [-0.3, -0.25) is 13.9 Å². The van der Waals surface area contributed by atoms with E-state index >= 15 is 0 Å². The number of rotatable bonds is 13. The van der Waals surface area contributed by atoms with Crippen molar-refractivity contribution in [1.29, 1.82) is 0 Å². The van der Waals surface area contributed by atoms with Crippen LogP contribution in [0.2, 0.25) is 0 Å². The number of carbonyl (C=O) groups excluding carboxylic acids is 2. The van der Waals surface area contributed by atoms with Gasteiger partial charge in [-0.05, 0) is 44.4 Å². The Morgan fingerprint density at radius 2 is 1.74 bits per heavy atom. The Balaban J connectivity index is 2.17. The van der Waals surface area contributed by atoms with Gasteiger partial charge in [-0.15, -0.1) is 0 Å². The SMILES string of the molecule is CCCNC(=O)[C@@H](C)N(Cc1ccc(C)cc1)C(=O)CCCN(c1ccccc1OC)S(C)(=O)=O. The highest BCUT2D eigenvalue weighted by atomic mass is 32.2. The van der Waals surface area contributed by atoms with Gasteiger partial charge in [0.05, 0.1) is 19.1 Å². The molecule has 1 N–H and O–H groups in total. The van der Waals surface area contributed by atoms with Crippen LogP contribution in [0.3, 0.4) is 0 Å². The second-order valence-corrected chi connectivity index (χ2v) is 10.5. The molecule has 192 valence electrons. The molecular weight excluding hydrogens is 466 g/mol. The number of para-hydroxylation sites is 2. The average Bonchev–Trinajstić information content (AvgIpc) is 2.83. The van der Waals surface area contributed by atoms with E-state index in [9.17, 15) is 18.0 Å². The summed E-state index contributed by atoms with van der Waals surface area (Å²) in [6, 6.07) is 14.0. The molecule has 0 aliphatic heterocycles. The smallest absolute Gasteiger partial charge is 0.242 e. The molecular formula is C26H37N3O5S. The topological polar surface area (TPSA) is 96.0 Å². The third kappa shape index (κ3) is 8.28. The van der Waals surface area contributed by atoms with Crippen LogP contribution in [0.1, 0.15) is 44.2 Å². The number of hydrogen-bond donors (Lipinski definition) is 1. The molecule has 0 radical (unpaired) electrons. The molecule has 8 nitrogen and oxygen atoms in total. The molecule has 0 aliphatic carbocycles. The molecule has 2 amide bonds. The Hall–Kier alpha value is -3.07. The van der Waals surface area contributed by atoms with Crippen LogP contribution in [0.5, 0.6) is 5.75 Å². The largest absolute Gasteiger partial charge is 0.495 e. The van der Waals surface area contributed by atoms with E-state index in [1.807, 2.05) is 38.1 Å². The summed E-state index contributed by atoms with van der Waals surface area (Å²) < 4.78 is 31.6. The van der Waals surface area contributed by atoms with Crippen LogP contribution in [0, 0.1) is 6.92 Å². The van der Waals surface area contributed by atoms with Crippen molar-refractivity contribution in [3.8, 4) is 5.75 Å². The first-order chi connectivity index (χ1) is 16.6. The highest BCUT2D eigenvalue weighted by Crippen LogP contribution is 2.29. The zero-order valence-corrected chi connectivity index (χ0v) is 22.1. The van der Waals surface area contributed by atoms with Crippen molar-refractivity contribution in [2.45, 2.75) is 52.6 Å². The Morgan fingerprint density at radius 1 is 1.09 bits per heavy atom. The van der Waals surface area contributed by atoms with Crippen LogP contribution < -0.4 is 14.4 Å². The van der Waals surface area contributed by atoms with Gasteiger partial charge in [-0.2, -0.15) is 0 Å². The van der Waals surface area contributed by atoms with E-state index in [0.717, 1.165) is 23.8 Å². The molecule has 2 aromatic rings. The number of benzene rings is 2. The number of ether oxygens (including phenoxy) is 1. The highest BCUT2D eigenvalue weighted by Gasteiger charge is 2.27. The zero-order valence-electron chi connectivity index (χ0n) is 21.3. The minimum Gasteiger partial charge on any atom is -0.495 e. The van der Waals surface area contributed by atoms with Gasteiger partial charge in [0.25, 0.3) is 0 Å². The van der Waals surface area contributed by atoms with Gasteiger partial charge in [0, 0.05) is 26.1 Å². The molecule has 35 heavy (non-hydrogen) atoms. The van der Waals surface area contributed by atoms with Gasteiger partial charge in [-0.25, -0.2) is 8.42 Å². The summed E-state index contributed by atoms with van der Waals surface area (Å²) in [5.41, 5.74) is 2.46. The maximum atomic E-state index is 13.3. The van der Waals surface area contributed by atoms with E-state index in [1.54, 1.807) is 36.1 Å². The number of anilines is 1. The number of aryl methyl sites for hydroxylation is 1. The Kier molecular flexibility index (Phi) is 10.6. The number of sulfonamides is 1. The highest BCUT2D eigenvalue weighted by molar-refractivity contribution is 7.92. The summed E-state index contributed by atoms with van der Waals surface area (Å²) in [6.45, 7) is 6.62. The summed E-state index contributed by atoms with van der Waals surface area (Å²) in [7, 11) is -2.11. The molecule has 0 saturated carbocycles. The number of hydrogen-bond acceptors (Lipinski definition) is 5. The average molecular weight is 504 g/mol. The molecule has 0 saturated heterocycles. The lowest BCUT2D eigenvalue weighted by molar-refractivity contribution is -0.140. The minimum atomic E-state index is -3.60. The number of nitrogens with zero attached hydrogens (tertiary/aromatic N) is 2. The first kappa shape index (κ1) is 28.2. The number of methoxy groups -OCH3 is 1. The molecule has 0 unspecified atom stereocenters. The fourth-order valence-electron chi connectivity index (χ4n) is 3.69. The second kappa shape index (κ2) is 13.1. The number of amides is 2. The normalized spacial score (nSPS) is 12.0. The van der Waals surface area contributed by atoms with Crippen molar-refractivity contribution < 1.29 is 22.7 Å². The van der Waals surface area contributed by atoms with Crippen LogP contribution >= 0.6 is 0 Å². The maximum Gasteiger partial charge on any atom is 0.242 e. The van der Waals surface area contributed by atoms with Crippen LogP contribution in [-0.4, -0.2) is 57.6 Å². The number of nitrogens with one attached hydrogen (secondary N) is 1. The zero-order chi connectivity index (χ0) is 26.0. The molecule has 0 aliphatic rings. The molecule has 2 rings (SSSR count). The lowest BCUT2D eigenvalue weighted by atomic mass is 10.1. The molecule has 0 fully saturated rings. The van der Waals surface area contributed by atoms with Crippen molar-refractivity contribution in [3.63, 3.8) is 0 Å². The van der Waals surface area contributed by atoms with Gasteiger partial charge >= 0.3 is 0 Å². The lowest BCUT2D eigenvalue weighted by Gasteiger charge is -2.29. The molecule has 0 bridgehead atoms. The quantitative estimate of drug-likeness (QED) is 0.451. The van der Waals surface area contributed by atoms with Crippen molar-refractivity contribution >= 4 is 27.5 Å². The molecule has 0 heterocycles. The van der Waals surface area contributed by atoms with Crippen LogP contribution in [0.25, 0.3) is 0 Å². The molecule has 9 heteroatoms. The van der Waals surface area contributed by atoms with Crippen molar-refractivity contribution in [1.82, 2.24) is 10.2 Å². The van der Waals surface area contributed by atoms with Crippen molar-refractivity contribution in [3.05, 3.63) is 59.7 Å². The molecule has 0 spiro atoms. The first-order valence-electron chi connectivity index (χ1n) is 11.8. The van der Waals surface area contributed by atoms with Crippen molar-refractivity contribution in [2.75, 3.05) is 30.8 Å².